The number of carbonyl (C=O) groups is 3. The molecule has 5 heterocycles. The number of imide groups is 1. The molecule has 4 aromatic rings. The molecule has 2 N–H and O–H groups in total. The fourth-order valence-corrected chi connectivity index (χ4v) is 5.29. The summed E-state index contributed by atoms with van der Waals surface area (Å²) in [4.78, 5) is 58.5. The largest absolute Gasteiger partial charge is 0.360 e. The number of rotatable bonds is 8. The molecule has 0 aromatic carbocycles. The van der Waals surface area contributed by atoms with Gasteiger partial charge in [-0.25, -0.2) is 19.7 Å². The summed E-state index contributed by atoms with van der Waals surface area (Å²) in [6.45, 7) is 3.81. The van der Waals surface area contributed by atoms with Gasteiger partial charge in [-0.15, -0.1) is 5.10 Å². The van der Waals surface area contributed by atoms with Crippen LogP contribution >= 0.6 is 0 Å². The van der Waals surface area contributed by atoms with Crippen LogP contribution in [-0.4, -0.2) is 70.9 Å². The highest BCUT2D eigenvalue weighted by Gasteiger charge is 2.46. The second-order valence-electron chi connectivity index (χ2n) is 11.2. The van der Waals surface area contributed by atoms with Gasteiger partial charge in [-0.05, 0) is 56.7 Å². The summed E-state index contributed by atoms with van der Waals surface area (Å²) in [5.41, 5.74) is 3.89. The zero-order valence-corrected chi connectivity index (χ0v) is 23.4. The SMILES string of the molecule is Cc1ccnc(C2CC2C(=O)Nc2nncc(N[C@H](C)c3cn4cc(C5CC5)cc(N5CC(=O)N(C)C5=O)c4n3)n2)n1. The Labute approximate surface area is 240 Å². The molecule has 4 amide bonds. The van der Waals surface area contributed by atoms with E-state index in [-0.39, 0.29) is 48.2 Å². The number of carbonyl (C=O) groups excluding carboxylic acids is 3. The van der Waals surface area contributed by atoms with Gasteiger partial charge in [0.25, 0.3) is 5.95 Å². The zero-order chi connectivity index (χ0) is 29.1. The molecule has 0 spiro atoms. The second-order valence-corrected chi connectivity index (χ2v) is 11.2. The minimum absolute atomic E-state index is 0.0180. The van der Waals surface area contributed by atoms with Crippen molar-refractivity contribution in [1.82, 2.24) is 39.4 Å². The number of pyridine rings is 1. The molecule has 3 fully saturated rings. The molecule has 214 valence electrons. The molecule has 2 aliphatic carbocycles. The average Bonchev–Trinajstić information content (AvgIpc) is 3.90. The Bertz CT molecular complexity index is 1750. The van der Waals surface area contributed by atoms with Crippen LogP contribution in [0.25, 0.3) is 5.65 Å². The fraction of sp³-hybridized carbons (Fsp3) is 0.393. The van der Waals surface area contributed by atoms with E-state index in [1.807, 2.05) is 42.8 Å². The zero-order valence-electron chi connectivity index (χ0n) is 23.4. The lowest BCUT2D eigenvalue weighted by molar-refractivity contribution is -0.124. The third-order valence-corrected chi connectivity index (χ3v) is 7.97. The van der Waals surface area contributed by atoms with Crippen molar-refractivity contribution < 1.29 is 14.4 Å². The van der Waals surface area contributed by atoms with Gasteiger partial charge in [-0.1, -0.05) is 0 Å². The number of anilines is 3. The Balaban J connectivity index is 1.08. The number of amides is 4. The van der Waals surface area contributed by atoms with Gasteiger partial charge in [0.2, 0.25) is 11.8 Å². The number of likely N-dealkylation sites (N-methyl/N-ethyl adjacent to an activating group) is 1. The maximum absolute atomic E-state index is 12.8. The van der Waals surface area contributed by atoms with E-state index in [9.17, 15) is 14.4 Å². The maximum Gasteiger partial charge on any atom is 0.331 e. The summed E-state index contributed by atoms with van der Waals surface area (Å²) in [5.74, 6) is 0.919. The van der Waals surface area contributed by atoms with Crippen LogP contribution in [0.5, 0.6) is 0 Å². The number of nitrogens with zero attached hydrogens (tertiary/aromatic N) is 9. The lowest BCUT2D eigenvalue weighted by Gasteiger charge is -2.17. The summed E-state index contributed by atoms with van der Waals surface area (Å²) in [7, 11) is 1.49. The van der Waals surface area contributed by atoms with Crippen molar-refractivity contribution in [3.63, 3.8) is 0 Å². The molecule has 7 rings (SSSR count). The van der Waals surface area contributed by atoms with Crippen molar-refractivity contribution in [3.8, 4) is 0 Å². The Morgan fingerprint density at radius 2 is 1.98 bits per heavy atom. The van der Waals surface area contributed by atoms with Crippen LogP contribution in [0.4, 0.5) is 22.2 Å². The van der Waals surface area contributed by atoms with E-state index in [0.717, 1.165) is 29.0 Å². The summed E-state index contributed by atoms with van der Waals surface area (Å²) in [5, 5.41) is 14.0. The van der Waals surface area contributed by atoms with Gasteiger partial charge in [0.05, 0.1) is 23.6 Å². The van der Waals surface area contributed by atoms with E-state index in [1.165, 1.54) is 18.1 Å². The number of hydrogen-bond acceptors (Lipinski definition) is 10. The van der Waals surface area contributed by atoms with Gasteiger partial charge in [0.15, 0.2) is 11.5 Å². The first kappa shape index (κ1) is 25.9. The number of imidazole rings is 1. The number of urea groups is 1. The van der Waals surface area contributed by atoms with Crippen molar-refractivity contribution in [2.24, 2.45) is 5.92 Å². The summed E-state index contributed by atoms with van der Waals surface area (Å²) < 4.78 is 1.92. The Morgan fingerprint density at radius 1 is 1.14 bits per heavy atom. The van der Waals surface area contributed by atoms with E-state index < -0.39 is 0 Å². The normalized spacial score (nSPS) is 20.7. The Morgan fingerprint density at radius 3 is 2.71 bits per heavy atom. The van der Waals surface area contributed by atoms with Gasteiger partial charge >= 0.3 is 6.03 Å². The number of nitrogens with one attached hydrogen (secondary N) is 2. The first-order valence-electron chi connectivity index (χ1n) is 13.9. The monoisotopic (exact) mass is 567 g/mol. The molecule has 3 aliphatic rings. The number of aromatic nitrogens is 7. The molecule has 14 nitrogen and oxygen atoms in total. The van der Waals surface area contributed by atoms with Crippen molar-refractivity contribution in [2.75, 3.05) is 29.1 Å². The molecule has 0 bridgehead atoms. The van der Waals surface area contributed by atoms with E-state index in [4.69, 9.17) is 4.98 Å². The molecule has 42 heavy (non-hydrogen) atoms. The molecular weight excluding hydrogens is 538 g/mol. The van der Waals surface area contributed by atoms with Gasteiger partial charge in [-0.3, -0.25) is 24.7 Å². The summed E-state index contributed by atoms with van der Waals surface area (Å²) in [6, 6.07) is 3.14. The molecular formula is C28H29N11O3. The van der Waals surface area contributed by atoms with Crippen LogP contribution in [0.15, 0.2) is 36.9 Å². The third kappa shape index (κ3) is 4.78. The quantitative estimate of drug-likeness (QED) is 0.303. The van der Waals surface area contributed by atoms with Gasteiger partial charge in [-0.2, -0.15) is 10.1 Å². The number of hydrogen-bond donors (Lipinski definition) is 2. The minimum Gasteiger partial charge on any atom is -0.360 e. The van der Waals surface area contributed by atoms with E-state index in [2.05, 4.69) is 35.8 Å². The fourth-order valence-electron chi connectivity index (χ4n) is 5.29. The van der Waals surface area contributed by atoms with E-state index >= 15 is 0 Å². The van der Waals surface area contributed by atoms with Crippen molar-refractivity contribution >= 4 is 40.9 Å². The van der Waals surface area contributed by atoms with Crippen molar-refractivity contribution in [2.45, 2.75) is 51.0 Å². The third-order valence-electron chi connectivity index (χ3n) is 7.97. The molecule has 3 atom stereocenters. The van der Waals surface area contributed by atoms with Crippen LogP contribution in [0.1, 0.15) is 66.8 Å². The lowest BCUT2D eigenvalue weighted by atomic mass is 10.1. The van der Waals surface area contributed by atoms with Gasteiger partial charge in [0, 0.05) is 43.2 Å². The predicted molar refractivity (Wildman–Crippen MR) is 151 cm³/mol. The topological polar surface area (TPSA) is 164 Å². The highest BCUT2D eigenvalue weighted by molar-refractivity contribution is 6.13. The smallest absolute Gasteiger partial charge is 0.331 e. The molecule has 1 saturated heterocycles. The highest BCUT2D eigenvalue weighted by atomic mass is 16.2. The highest BCUT2D eigenvalue weighted by Crippen LogP contribution is 2.46. The van der Waals surface area contributed by atoms with Crippen LogP contribution < -0.4 is 15.5 Å². The van der Waals surface area contributed by atoms with Crippen LogP contribution in [0.2, 0.25) is 0 Å². The van der Waals surface area contributed by atoms with Crippen molar-refractivity contribution in [3.05, 3.63) is 59.7 Å². The summed E-state index contributed by atoms with van der Waals surface area (Å²) in [6.07, 6.45) is 9.99. The molecule has 0 radical (unpaired) electrons. The summed E-state index contributed by atoms with van der Waals surface area (Å²) >= 11 is 0. The Kier molecular flexibility index (Phi) is 6.06. The number of fused-ring (bicyclic) bond motifs is 1. The van der Waals surface area contributed by atoms with Crippen molar-refractivity contribution in [1.29, 1.82) is 0 Å². The van der Waals surface area contributed by atoms with Crippen LogP contribution in [0.3, 0.4) is 0 Å². The Hall–Kier alpha value is -5.01. The minimum atomic E-state index is -0.365. The number of aryl methyl sites for hydroxylation is 1. The first-order chi connectivity index (χ1) is 20.2. The van der Waals surface area contributed by atoms with Crippen LogP contribution in [0, 0.1) is 12.8 Å². The molecule has 2 saturated carbocycles. The van der Waals surface area contributed by atoms with Gasteiger partial charge in [0.1, 0.15) is 12.4 Å². The molecule has 1 aliphatic heterocycles. The maximum atomic E-state index is 12.8. The molecule has 4 aromatic heterocycles. The average molecular weight is 568 g/mol. The lowest BCUT2D eigenvalue weighted by Crippen LogP contribution is -2.30. The van der Waals surface area contributed by atoms with E-state index in [0.29, 0.717) is 41.0 Å². The van der Waals surface area contributed by atoms with Gasteiger partial charge < -0.3 is 9.72 Å². The predicted octanol–water partition coefficient (Wildman–Crippen LogP) is 2.81. The first-order valence-corrected chi connectivity index (χ1v) is 13.9. The standard InChI is InChI=1S/C28H29N11O3/c1-14-6-7-29-24(31-14)18-9-19(18)26(41)35-27-34-22(10-30-36-27)32-15(2)20-12-38-11-17(16-4-5-16)8-21(25(38)33-20)39-13-23(40)37(3)28(39)42/h6-8,10-12,15-16,18-19H,4-5,9,13H2,1-3H3,(H2,32,34,35,36,41)/t15-,18?,19?/m1/s1. The molecule has 2 unspecified atom stereocenters. The van der Waals surface area contributed by atoms with Crippen LogP contribution in [-0.2, 0) is 9.59 Å². The molecule has 14 heteroatoms. The van der Waals surface area contributed by atoms with E-state index in [1.54, 1.807) is 6.20 Å². The second kappa shape index (κ2) is 9.82.